The van der Waals surface area contributed by atoms with E-state index in [1.165, 1.54) is 0 Å². The number of hydrogen-bond donors (Lipinski definition) is 2. The van der Waals surface area contributed by atoms with Gasteiger partial charge in [0.1, 0.15) is 5.58 Å². The average molecular weight is 266 g/mol. The van der Waals surface area contributed by atoms with Gasteiger partial charge in [0, 0.05) is 16.8 Å². The Balaban J connectivity index is 1.89. The van der Waals surface area contributed by atoms with Crippen LogP contribution in [0.4, 0.5) is 11.4 Å². The molecule has 4 heteroatoms. The highest BCUT2D eigenvalue weighted by atomic mass is 16.3. The van der Waals surface area contributed by atoms with Crippen LogP contribution < -0.4 is 11.1 Å². The topological polar surface area (TPSA) is 68.3 Å². The molecule has 0 saturated carbocycles. The van der Waals surface area contributed by atoms with Gasteiger partial charge >= 0.3 is 0 Å². The molecule has 3 rings (SSSR count). The minimum absolute atomic E-state index is 0.269. The van der Waals surface area contributed by atoms with Crippen LogP contribution in [-0.2, 0) is 0 Å². The zero-order valence-corrected chi connectivity index (χ0v) is 11.0. The SMILES string of the molecule is Cc1cc(N)ccc1NC(=O)c1cc2ccccc2o1. The summed E-state index contributed by atoms with van der Waals surface area (Å²) in [4.78, 5) is 12.2. The summed E-state index contributed by atoms with van der Waals surface area (Å²) in [6.45, 7) is 1.89. The second kappa shape index (κ2) is 4.74. The molecule has 0 saturated heterocycles. The fraction of sp³-hybridized carbons (Fsp3) is 0.0625. The van der Waals surface area contributed by atoms with Gasteiger partial charge in [-0.05, 0) is 42.8 Å². The van der Waals surface area contributed by atoms with Crippen molar-refractivity contribution < 1.29 is 9.21 Å². The van der Waals surface area contributed by atoms with E-state index in [2.05, 4.69) is 5.32 Å². The molecule has 1 amide bonds. The molecule has 0 spiro atoms. The molecule has 0 bridgehead atoms. The van der Waals surface area contributed by atoms with Gasteiger partial charge in [-0.1, -0.05) is 18.2 Å². The Kier molecular flexibility index (Phi) is 2.91. The number of amides is 1. The van der Waals surface area contributed by atoms with Crippen molar-refractivity contribution in [1.29, 1.82) is 0 Å². The summed E-state index contributed by atoms with van der Waals surface area (Å²) in [5.74, 6) is 0.0245. The van der Waals surface area contributed by atoms with E-state index in [0.29, 0.717) is 17.0 Å². The third-order valence-electron chi connectivity index (χ3n) is 3.15. The van der Waals surface area contributed by atoms with E-state index >= 15 is 0 Å². The minimum Gasteiger partial charge on any atom is -0.451 e. The van der Waals surface area contributed by atoms with Gasteiger partial charge in [-0.3, -0.25) is 4.79 Å². The zero-order chi connectivity index (χ0) is 14.1. The molecular weight excluding hydrogens is 252 g/mol. The van der Waals surface area contributed by atoms with Crippen LogP contribution in [0.1, 0.15) is 16.1 Å². The number of para-hydroxylation sites is 1. The highest BCUT2D eigenvalue weighted by Gasteiger charge is 2.13. The van der Waals surface area contributed by atoms with Crippen molar-refractivity contribution in [2.45, 2.75) is 6.92 Å². The van der Waals surface area contributed by atoms with E-state index < -0.39 is 0 Å². The molecule has 100 valence electrons. The number of carbonyl (C=O) groups is 1. The summed E-state index contributed by atoms with van der Waals surface area (Å²) >= 11 is 0. The average Bonchev–Trinajstić information content (AvgIpc) is 2.86. The summed E-state index contributed by atoms with van der Waals surface area (Å²) in [6, 6.07) is 14.6. The van der Waals surface area contributed by atoms with Crippen molar-refractivity contribution in [1.82, 2.24) is 0 Å². The van der Waals surface area contributed by atoms with Crippen LogP contribution in [0.5, 0.6) is 0 Å². The molecule has 0 aliphatic rings. The minimum atomic E-state index is -0.269. The molecule has 1 heterocycles. The Hall–Kier alpha value is -2.75. The molecule has 0 atom stereocenters. The lowest BCUT2D eigenvalue weighted by atomic mass is 10.2. The predicted octanol–water partition coefficient (Wildman–Crippen LogP) is 3.58. The largest absolute Gasteiger partial charge is 0.451 e. The molecular formula is C16H14N2O2. The van der Waals surface area contributed by atoms with E-state index in [1.54, 1.807) is 18.2 Å². The third-order valence-corrected chi connectivity index (χ3v) is 3.15. The van der Waals surface area contributed by atoms with Crippen LogP contribution in [-0.4, -0.2) is 5.91 Å². The number of rotatable bonds is 2. The van der Waals surface area contributed by atoms with Crippen molar-refractivity contribution in [3.63, 3.8) is 0 Å². The molecule has 3 N–H and O–H groups in total. The molecule has 4 nitrogen and oxygen atoms in total. The Labute approximate surface area is 116 Å². The molecule has 0 aliphatic carbocycles. The number of nitrogens with one attached hydrogen (secondary N) is 1. The highest BCUT2D eigenvalue weighted by Crippen LogP contribution is 2.22. The number of aryl methyl sites for hydroxylation is 1. The van der Waals surface area contributed by atoms with Crippen molar-refractivity contribution in [3.8, 4) is 0 Å². The van der Waals surface area contributed by atoms with Gasteiger partial charge in [0.15, 0.2) is 5.76 Å². The van der Waals surface area contributed by atoms with Gasteiger partial charge in [-0.15, -0.1) is 0 Å². The van der Waals surface area contributed by atoms with Crippen molar-refractivity contribution >= 4 is 28.3 Å². The first-order valence-electron chi connectivity index (χ1n) is 6.29. The van der Waals surface area contributed by atoms with Crippen LogP contribution in [0, 0.1) is 6.92 Å². The number of hydrogen-bond acceptors (Lipinski definition) is 3. The maximum atomic E-state index is 12.2. The van der Waals surface area contributed by atoms with Gasteiger partial charge in [-0.2, -0.15) is 0 Å². The summed E-state index contributed by atoms with van der Waals surface area (Å²) in [6.07, 6.45) is 0. The lowest BCUT2D eigenvalue weighted by Crippen LogP contribution is -2.11. The standard InChI is InChI=1S/C16H14N2O2/c1-10-8-12(17)6-7-13(10)18-16(19)15-9-11-4-2-3-5-14(11)20-15/h2-9H,17H2,1H3,(H,18,19). The molecule has 3 aromatic rings. The fourth-order valence-electron chi connectivity index (χ4n) is 2.10. The summed E-state index contributed by atoms with van der Waals surface area (Å²) in [5.41, 5.74) is 8.70. The zero-order valence-electron chi connectivity index (χ0n) is 11.0. The second-order valence-electron chi connectivity index (χ2n) is 4.68. The van der Waals surface area contributed by atoms with E-state index in [1.807, 2.05) is 37.3 Å². The van der Waals surface area contributed by atoms with Crippen LogP contribution in [0.3, 0.4) is 0 Å². The van der Waals surface area contributed by atoms with E-state index in [0.717, 1.165) is 16.6 Å². The highest BCUT2D eigenvalue weighted by molar-refractivity contribution is 6.05. The maximum Gasteiger partial charge on any atom is 0.291 e. The molecule has 20 heavy (non-hydrogen) atoms. The van der Waals surface area contributed by atoms with E-state index in [4.69, 9.17) is 10.2 Å². The lowest BCUT2D eigenvalue weighted by Gasteiger charge is -2.07. The number of carbonyl (C=O) groups excluding carboxylic acids is 1. The summed E-state index contributed by atoms with van der Waals surface area (Å²) in [7, 11) is 0. The predicted molar refractivity (Wildman–Crippen MR) is 79.8 cm³/mol. The Morgan fingerprint density at radius 1 is 1.15 bits per heavy atom. The first kappa shape index (κ1) is 12.3. The Bertz CT molecular complexity index is 757. The number of benzene rings is 2. The number of furan rings is 1. The normalized spacial score (nSPS) is 10.7. The number of fused-ring (bicyclic) bond motifs is 1. The fourth-order valence-corrected chi connectivity index (χ4v) is 2.10. The van der Waals surface area contributed by atoms with Gasteiger partial charge in [0.2, 0.25) is 0 Å². The van der Waals surface area contributed by atoms with Gasteiger partial charge < -0.3 is 15.5 Å². The van der Waals surface area contributed by atoms with E-state index in [-0.39, 0.29) is 5.91 Å². The number of nitrogen functional groups attached to an aromatic ring is 1. The molecule has 0 unspecified atom stereocenters. The molecule has 1 aromatic heterocycles. The van der Waals surface area contributed by atoms with E-state index in [9.17, 15) is 4.79 Å². The van der Waals surface area contributed by atoms with Crippen LogP contribution in [0.15, 0.2) is 52.9 Å². The van der Waals surface area contributed by atoms with Gasteiger partial charge in [0.05, 0.1) is 0 Å². The van der Waals surface area contributed by atoms with Crippen molar-refractivity contribution in [2.75, 3.05) is 11.1 Å². The molecule has 2 aromatic carbocycles. The number of anilines is 2. The first-order chi connectivity index (χ1) is 9.63. The second-order valence-corrected chi connectivity index (χ2v) is 4.68. The van der Waals surface area contributed by atoms with Gasteiger partial charge in [0.25, 0.3) is 5.91 Å². The van der Waals surface area contributed by atoms with Gasteiger partial charge in [-0.25, -0.2) is 0 Å². The quantitative estimate of drug-likeness (QED) is 0.697. The molecule has 0 radical (unpaired) electrons. The van der Waals surface area contributed by atoms with Crippen molar-refractivity contribution in [3.05, 3.63) is 59.9 Å². The van der Waals surface area contributed by atoms with Crippen LogP contribution in [0.25, 0.3) is 11.0 Å². The smallest absolute Gasteiger partial charge is 0.291 e. The monoisotopic (exact) mass is 266 g/mol. The van der Waals surface area contributed by atoms with Crippen LogP contribution >= 0.6 is 0 Å². The van der Waals surface area contributed by atoms with Crippen molar-refractivity contribution in [2.24, 2.45) is 0 Å². The Morgan fingerprint density at radius 2 is 1.95 bits per heavy atom. The maximum absolute atomic E-state index is 12.2. The van der Waals surface area contributed by atoms with Crippen LogP contribution in [0.2, 0.25) is 0 Å². The number of nitrogens with two attached hydrogens (primary N) is 1. The third kappa shape index (κ3) is 2.23. The molecule has 0 aliphatic heterocycles. The molecule has 0 fully saturated rings. The first-order valence-corrected chi connectivity index (χ1v) is 6.29. The lowest BCUT2D eigenvalue weighted by molar-refractivity contribution is 0.0998. The Morgan fingerprint density at radius 3 is 2.70 bits per heavy atom. The summed E-state index contributed by atoms with van der Waals surface area (Å²) in [5, 5.41) is 3.74. The summed E-state index contributed by atoms with van der Waals surface area (Å²) < 4.78 is 5.53.